The lowest BCUT2D eigenvalue weighted by atomic mass is 10.0. The highest BCUT2D eigenvalue weighted by Gasteiger charge is 2.29. The number of benzene rings is 4. The molecule has 9 heteroatoms. The number of aryl methyl sites for hydroxylation is 1. The number of carbonyl (C=O) groups excluding carboxylic acids is 1. The SMILES string of the molecule is Cc1c(Cl)c(OCc2ccccc2)cc2oc3c(Cl)c(O)c(C(=O)OCc4ccccc4)c(O)c3c(=O)c12. The first-order valence-corrected chi connectivity index (χ1v) is 12.2. The number of halogens is 2. The highest BCUT2D eigenvalue weighted by molar-refractivity contribution is 6.38. The number of hydrogen-bond acceptors (Lipinski definition) is 7. The molecule has 38 heavy (non-hydrogen) atoms. The quantitative estimate of drug-likeness (QED) is 0.175. The summed E-state index contributed by atoms with van der Waals surface area (Å²) in [4.78, 5) is 26.4. The number of rotatable bonds is 6. The van der Waals surface area contributed by atoms with E-state index in [9.17, 15) is 19.8 Å². The Morgan fingerprint density at radius 1 is 0.868 bits per heavy atom. The highest BCUT2D eigenvalue weighted by atomic mass is 35.5. The van der Waals surface area contributed by atoms with Gasteiger partial charge >= 0.3 is 5.97 Å². The number of esters is 1. The van der Waals surface area contributed by atoms with E-state index in [1.165, 1.54) is 6.07 Å². The average molecular weight is 551 g/mol. The second kappa shape index (κ2) is 10.3. The summed E-state index contributed by atoms with van der Waals surface area (Å²) in [5, 5.41) is 21.1. The molecule has 0 atom stereocenters. The first kappa shape index (κ1) is 25.4. The van der Waals surface area contributed by atoms with Gasteiger partial charge < -0.3 is 24.1 Å². The van der Waals surface area contributed by atoms with Crippen LogP contribution in [0.5, 0.6) is 17.2 Å². The van der Waals surface area contributed by atoms with Gasteiger partial charge in [-0.05, 0) is 23.6 Å². The first-order valence-electron chi connectivity index (χ1n) is 11.5. The van der Waals surface area contributed by atoms with E-state index in [0.29, 0.717) is 11.1 Å². The van der Waals surface area contributed by atoms with Gasteiger partial charge in [0.2, 0.25) is 5.43 Å². The van der Waals surface area contributed by atoms with E-state index >= 15 is 0 Å². The predicted octanol–water partition coefficient (Wildman–Crippen LogP) is 6.91. The molecule has 0 aliphatic carbocycles. The third kappa shape index (κ3) is 4.51. The third-order valence-corrected chi connectivity index (χ3v) is 6.91. The molecule has 1 aromatic heterocycles. The summed E-state index contributed by atoms with van der Waals surface area (Å²) in [5.74, 6) is -2.38. The van der Waals surface area contributed by atoms with Gasteiger partial charge in [0.1, 0.15) is 46.3 Å². The first-order chi connectivity index (χ1) is 18.3. The van der Waals surface area contributed by atoms with Gasteiger partial charge in [-0.3, -0.25) is 4.79 Å². The maximum absolute atomic E-state index is 13.6. The molecule has 5 aromatic rings. The van der Waals surface area contributed by atoms with Crippen LogP contribution in [-0.2, 0) is 18.0 Å². The number of aromatic hydroxyl groups is 2. The van der Waals surface area contributed by atoms with E-state index in [1.807, 2.05) is 36.4 Å². The molecule has 0 amide bonds. The summed E-state index contributed by atoms with van der Waals surface area (Å²) in [6.45, 7) is 1.71. The van der Waals surface area contributed by atoms with Crippen molar-refractivity contribution in [2.24, 2.45) is 0 Å². The Morgan fingerprint density at radius 2 is 1.47 bits per heavy atom. The Kier molecular flexibility index (Phi) is 6.89. The van der Waals surface area contributed by atoms with Gasteiger partial charge in [-0.1, -0.05) is 83.9 Å². The molecule has 0 fully saturated rings. The van der Waals surface area contributed by atoms with Crippen LogP contribution in [0.2, 0.25) is 10.0 Å². The lowest BCUT2D eigenvalue weighted by Crippen LogP contribution is -2.11. The van der Waals surface area contributed by atoms with E-state index in [-0.39, 0.29) is 45.9 Å². The van der Waals surface area contributed by atoms with Crippen molar-refractivity contribution in [3.8, 4) is 17.2 Å². The van der Waals surface area contributed by atoms with E-state index in [4.69, 9.17) is 37.1 Å². The molecular formula is C29H20Cl2O7. The topological polar surface area (TPSA) is 106 Å². The average Bonchev–Trinajstić information content (AvgIpc) is 2.92. The third-order valence-electron chi connectivity index (χ3n) is 6.09. The lowest BCUT2D eigenvalue weighted by molar-refractivity contribution is 0.0466. The second-order valence-corrected chi connectivity index (χ2v) is 9.30. The highest BCUT2D eigenvalue weighted by Crippen LogP contribution is 2.44. The second-order valence-electron chi connectivity index (χ2n) is 8.54. The van der Waals surface area contributed by atoms with Gasteiger partial charge in [0.25, 0.3) is 0 Å². The molecule has 0 aliphatic rings. The summed E-state index contributed by atoms with van der Waals surface area (Å²) in [7, 11) is 0. The number of hydrogen-bond donors (Lipinski definition) is 2. The maximum atomic E-state index is 13.6. The van der Waals surface area contributed by atoms with Gasteiger partial charge in [0.05, 0.1) is 10.4 Å². The molecule has 0 saturated heterocycles. The summed E-state index contributed by atoms with van der Waals surface area (Å²) >= 11 is 12.9. The molecule has 5 rings (SSSR count). The van der Waals surface area contributed by atoms with E-state index in [1.54, 1.807) is 31.2 Å². The van der Waals surface area contributed by atoms with E-state index in [2.05, 4.69) is 0 Å². The molecule has 1 heterocycles. The van der Waals surface area contributed by atoms with E-state index < -0.39 is 33.5 Å². The molecule has 0 unspecified atom stereocenters. The largest absolute Gasteiger partial charge is 0.506 e. The monoisotopic (exact) mass is 550 g/mol. The van der Waals surface area contributed by atoms with Crippen molar-refractivity contribution in [2.45, 2.75) is 20.1 Å². The molecule has 0 spiro atoms. The van der Waals surface area contributed by atoms with Gasteiger partial charge in [0.15, 0.2) is 11.3 Å². The number of fused-ring (bicyclic) bond motifs is 2. The minimum absolute atomic E-state index is 0.0650. The molecule has 0 bridgehead atoms. The summed E-state index contributed by atoms with van der Waals surface area (Å²) < 4.78 is 17.0. The van der Waals surface area contributed by atoms with Crippen molar-refractivity contribution in [3.05, 3.63) is 109 Å². The Bertz CT molecular complexity index is 1750. The van der Waals surface area contributed by atoms with Crippen molar-refractivity contribution in [3.63, 3.8) is 0 Å². The molecule has 192 valence electrons. The van der Waals surface area contributed by atoms with Crippen LogP contribution in [0.1, 0.15) is 27.0 Å². The number of phenolic OH excluding ortho intramolecular Hbond substituents is 2. The molecule has 0 radical (unpaired) electrons. The van der Waals surface area contributed by atoms with Crippen LogP contribution < -0.4 is 10.2 Å². The predicted molar refractivity (Wildman–Crippen MR) is 144 cm³/mol. The standard InChI is InChI=1S/C29H20Cl2O7/c1-15-20-18(12-19(23(15)30)36-13-16-8-4-2-5-9-16)38-28-21(25(20)32)26(33)22(27(34)24(28)31)29(35)37-14-17-10-6-3-7-11-17/h2-12,33-34H,13-14H2,1H3. The van der Waals surface area contributed by atoms with Crippen LogP contribution in [-0.4, -0.2) is 16.2 Å². The van der Waals surface area contributed by atoms with Crippen molar-refractivity contribution in [2.75, 3.05) is 0 Å². The van der Waals surface area contributed by atoms with Crippen LogP contribution in [0.25, 0.3) is 21.9 Å². The zero-order valence-electron chi connectivity index (χ0n) is 20.0. The molecule has 2 N–H and O–H groups in total. The molecule has 0 saturated carbocycles. The number of carbonyl (C=O) groups is 1. The molecule has 0 aliphatic heterocycles. The van der Waals surface area contributed by atoms with Gasteiger partial charge in [-0.15, -0.1) is 0 Å². The maximum Gasteiger partial charge on any atom is 0.346 e. The number of phenols is 2. The Morgan fingerprint density at radius 3 is 2.11 bits per heavy atom. The molecule has 7 nitrogen and oxygen atoms in total. The van der Waals surface area contributed by atoms with Crippen LogP contribution in [0.15, 0.2) is 75.9 Å². The zero-order chi connectivity index (χ0) is 27.0. The van der Waals surface area contributed by atoms with Crippen molar-refractivity contribution >= 4 is 51.1 Å². The minimum atomic E-state index is -1.06. The lowest BCUT2D eigenvalue weighted by Gasteiger charge is -2.15. The van der Waals surface area contributed by atoms with E-state index in [0.717, 1.165) is 5.56 Å². The Hall–Kier alpha value is -4.20. The van der Waals surface area contributed by atoms with Crippen LogP contribution in [0.4, 0.5) is 0 Å². The van der Waals surface area contributed by atoms with Crippen molar-refractivity contribution in [1.29, 1.82) is 0 Å². The van der Waals surface area contributed by atoms with Gasteiger partial charge in [-0.25, -0.2) is 4.79 Å². The van der Waals surface area contributed by atoms with Crippen LogP contribution in [0, 0.1) is 6.92 Å². The zero-order valence-corrected chi connectivity index (χ0v) is 21.5. The smallest absolute Gasteiger partial charge is 0.346 e. The molecule has 4 aromatic carbocycles. The Balaban J connectivity index is 1.60. The molecular weight excluding hydrogens is 531 g/mol. The number of ether oxygens (including phenoxy) is 2. The minimum Gasteiger partial charge on any atom is -0.506 e. The van der Waals surface area contributed by atoms with Crippen molar-refractivity contribution < 1.29 is 28.9 Å². The van der Waals surface area contributed by atoms with Gasteiger partial charge in [0, 0.05) is 6.07 Å². The summed E-state index contributed by atoms with van der Waals surface area (Å²) in [6, 6.07) is 19.7. The van der Waals surface area contributed by atoms with Crippen LogP contribution in [0.3, 0.4) is 0 Å². The van der Waals surface area contributed by atoms with Crippen molar-refractivity contribution in [1.82, 2.24) is 0 Å². The fourth-order valence-corrected chi connectivity index (χ4v) is 4.57. The normalized spacial score (nSPS) is 11.1. The van der Waals surface area contributed by atoms with Gasteiger partial charge in [-0.2, -0.15) is 0 Å². The summed E-state index contributed by atoms with van der Waals surface area (Å²) in [5.41, 5.74) is 0.392. The fraction of sp³-hybridized carbons (Fsp3) is 0.103. The fourth-order valence-electron chi connectivity index (χ4n) is 4.14. The summed E-state index contributed by atoms with van der Waals surface area (Å²) in [6.07, 6.45) is 0. The Labute approximate surface area is 226 Å². The van der Waals surface area contributed by atoms with Crippen LogP contribution >= 0.6 is 23.2 Å².